The normalized spacial score (nSPS) is 13.5. The summed E-state index contributed by atoms with van der Waals surface area (Å²) in [5.41, 5.74) is 0. The smallest absolute Gasteiger partial charge is 0.0421 e. The molecule has 0 saturated carbocycles. The van der Waals surface area contributed by atoms with Crippen LogP contribution in [0.15, 0.2) is 24.1 Å². The highest BCUT2D eigenvalue weighted by Crippen LogP contribution is 2.20. The Labute approximate surface area is 78.6 Å². The summed E-state index contributed by atoms with van der Waals surface area (Å²) in [5, 5.41) is 1.71. The maximum absolute atomic E-state index is 10.5. The highest BCUT2D eigenvalue weighted by atomic mass is 33.1. The molecule has 0 aliphatic heterocycles. The van der Waals surface area contributed by atoms with E-state index in [1.807, 2.05) is 12.2 Å². The summed E-state index contributed by atoms with van der Waals surface area (Å²) in [7, 11) is 2.70. The zero-order valence-electron chi connectivity index (χ0n) is 6.49. The van der Waals surface area contributed by atoms with Crippen molar-refractivity contribution in [3.63, 3.8) is 0 Å². The predicted octanol–water partition coefficient (Wildman–Crippen LogP) is 2.45. The standard InChI is InChI=1S/C7H12OS3/c1-3-5-9-10-6-4-7-11(2)8/h3-4,7H,1,5-6H2,2H3/b7-4+/t11-/m0/s1. The Morgan fingerprint density at radius 3 is 2.64 bits per heavy atom. The van der Waals surface area contributed by atoms with E-state index in [0.29, 0.717) is 0 Å². The molecule has 1 nitrogen and oxygen atoms in total. The fourth-order valence-corrected chi connectivity index (χ4v) is 2.41. The van der Waals surface area contributed by atoms with Crippen LogP contribution in [-0.4, -0.2) is 22.0 Å². The summed E-state index contributed by atoms with van der Waals surface area (Å²) in [4.78, 5) is 0. The van der Waals surface area contributed by atoms with Crippen LogP contribution in [0.4, 0.5) is 0 Å². The second kappa shape index (κ2) is 8.43. The van der Waals surface area contributed by atoms with Gasteiger partial charge in [-0.2, -0.15) is 0 Å². The molecular formula is C7H12OS3. The first kappa shape index (κ1) is 11.3. The van der Waals surface area contributed by atoms with Crippen molar-refractivity contribution in [1.29, 1.82) is 0 Å². The van der Waals surface area contributed by atoms with E-state index in [4.69, 9.17) is 0 Å². The molecule has 0 aliphatic rings. The Bertz CT molecular complexity index is 154. The topological polar surface area (TPSA) is 17.1 Å². The Morgan fingerprint density at radius 2 is 2.09 bits per heavy atom. The van der Waals surface area contributed by atoms with Gasteiger partial charge in [0, 0.05) is 28.6 Å². The second-order valence-corrected chi connectivity index (χ2v) is 5.55. The van der Waals surface area contributed by atoms with E-state index in [0.717, 1.165) is 11.5 Å². The average molecular weight is 208 g/mol. The van der Waals surface area contributed by atoms with Crippen LogP contribution in [0.3, 0.4) is 0 Å². The Balaban J connectivity index is 3.13. The maximum Gasteiger partial charge on any atom is 0.0421 e. The third-order valence-corrected chi connectivity index (χ3v) is 3.48. The molecule has 1 atom stereocenters. The van der Waals surface area contributed by atoms with E-state index in [1.165, 1.54) is 0 Å². The van der Waals surface area contributed by atoms with Crippen molar-refractivity contribution in [1.82, 2.24) is 0 Å². The van der Waals surface area contributed by atoms with Gasteiger partial charge in [-0.1, -0.05) is 33.7 Å². The van der Waals surface area contributed by atoms with Gasteiger partial charge < -0.3 is 0 Å². The van der Waals surface area contributed by atoms with Gasteiger partial charge in [0.25, 0.3) is 0 Å². The van der Waals surface area contributed by atoms with Crippen molar-refractivity contribution in [3.8, 4) is 0 Å². The van der Waals surface area contributed by atoms with Crippen LogP contribution < -0.4 is 0 Å². The molecule has 0 aromatic carbocycles. The lowest BCUT2D eigenvalue weighted by Gasteiger charge is -1.90. The molecule has 0 spiro atoms. The van der Waals surface area contributed by atoms with Gasteiger partial charge in [-0.05, 0) is 5.41 Å². The molecule has 0 saturated heterocycles. The molecule has 0 N–H and O–H groups in total. The van der Waals surface area contributed by atoms with Gasteiger partial charge in [0.15, 0.2) is 0 Å². The van der Waals surface area contributed by atoms with Crippen molar-refractivity contribution in [2.75, 3.05) is 17.8 Å². The highest BCUT2D eigenvalue weighted by molar-refractivity contribution is 8.76. The molecule has 0 aromatic rings. The Kier molecular flexibility index (Phi) is 8.68. The molecule has 0 fully saturated rings. The molecule has 0 rings (SSSR count). The number of hydrogen-bond acceptors (Lipinski definition) is 3. The van der Waals surface area contributed by atoms with Crippen LogP contribution in [0.5, 0.6) is 0 Å². The molecule has 4 heteroatoms. The zero-order valence-corrected chi connectivity index (χ0v) is 8.94. The minimum absolute atomic E-state index is 0.796. The fourth-order valence-electron chi connectivity index (χ4n) is 0.358. The second-order valence-electron chi connectivity index (χ2n) is 1.73. The van der Waals surface area contributed by atoms with Gasteiger partial charge in [0.1, 0.15) is 0 Å². The van der Waals surface area contributed by atoms with Gasteiger partial charge in [-0.3, -0.25) is 4.21 Å². The summed E-state index contributed by atoms with van der Waals surface area (Å²) in [6.07, 6.45) is 5.47. The Hall–Kier alpha value is 0.330. The fraction of sp³-hybridized carbons (Fsp3) is 0.429. The largest absolute Gasteiger partial charge is 0.255 e. The van der Waals surface area contributed by atoms with Crippen molar-refractivity contribution in [3.05, 3.63) is 24.1 Å². The molecule has 0 heterocycles. The summed E-state index contributed by atoms with van der Waals surface area (Å²) in [6.45, 7) is 3.61. The van der Waals surface area contributed by atoms with Gasteiger partial charge in [-0.15, -0.1) is 6.58 Å². The van der Waals surface area contributed by atoms with Crippen molar-refractivity contribution in [2.24, 2.45) is 0 Å². The monoisotopic (exact) mass is 208 g/mol. The van der Waals surface area contributed by atoms with E-state index in [1.54, 1.807) is 33.3 Å². The quantitative estimate of drug-likeness (QED) is 0.379. The third-order valence-electron chi connectivity index (χ3n) is 0.721. The SMILES string of the molecule is C=CCSSC/C=C/[S@](C)=O. The summed E-state index contributed by atoms with van der Waals surface area (Å²) in [6, 6.07) is 0. The lowest BCUT2D eigenvalue weighted by molar-refractivity contribution is 0.691. The van der Waals surface area contributed by atoms with Gasteiger partial charge >= 0.3 is 0 Å². The van der Waals surface area contributed by atoms with Crippen LogP contribution in [-0.2, 0) is 10.8 Å². The molecule has 0 bridgehead atoms. The minimum Gasteiger partial charge on any atom is -0.255 e. The zero-order chi connectivity index (χ0) is 8.53. The highest BCUT2D eigenvalue weighted by Gasteiger charge is 1.83. The molecule has 0 radical (unpaired) electrons. The molecule has 64 valence electrons. The van der Waals surface area contributed by atoms with E-state index in [9.17, 15) is 4.21 Å². The van der Waals surface area contributed by atoms with Gasteiger partial charge in [-0.25, -0.2) is 0 Å². The predicted molar refractivity (Wildman–Crippen MR) is 58.3 cm³/mol. The maximum atomic E-state index is 10.5. The summed E-state index contributed by atoms with van der Waals surface area (Å²) >= 11 is 0. The molecule has 0 unspecified atom stereocenters. The van der Waals surface area contributed by atoms with Crippen LogP contribution in [0.1, 0.15) is 0 Å². The first-order valence-corrected chi connectivity index (χ1v) is 7.22. The van der Waals surface area contributed by atoms with Crippen molar-refractivity contribution < 1.29 is 4.21 Å². The third kappa shape index (κ3) is 10.3. The number of hydrogen-bond donors (Lipinski definition) is 0. The lowest BCUT2D eigenvalue weighted by Crippen LogP contribution is -1.75. The molecular weight excluding hydrogens is 196 g/mol. The van der Waals surface area contributed by atoms with Gasteiger partial charge in [0.2, 0.25) is 0 Å². The molecule has 11 heavy (non-hydrogen) atoms. The van der Waals surface area contributed by atoms with Gasteiger partial charge in [0.05, 0.1) is 0 Å². The average Bonchev–Trinajstić information content (AvgIpc) is 1.96. The lowest BCUT2D eigenvalue weighted by atomic mass is 10.8. The van der Waals surface area contributed by atoms with Crippen LogP contribution >= 0.6 is 21.6 Å². The summed E-state index contributed by atoms with van der Waals surface area (Å²) < 4.78 is 10.5. The molecule has 0 aromatic heterocycles. The minimum atomic E-state index is -0.796. The Morgan fingerprint density at radius 1 is 1.45 bits per heavy atom. The van der Waals surface area contributed by atoms with E-state index in [-0.39, 0.29) is 0 Å². The first-order chi connectivity index (χ1) is 5.27. The van der Waals surface area contributed by atoms with Crippen LogP contribution in [0, 0.1) is 0 Å². The van der Waals surface area contributed by atoms with E-state index in [2.05, 4.69) is 6.58 Å². The molecule has 0 amide bonds. The molecule has 0 aliphatic carbocycles. The van der Waals surface area contributed by atoms with Crippen molar-refractivity contribution in [2.45, 2.75) is 0 Å². The van der Waals surface area contributed by atoms with Crippen LogP contribution in [0.2, 0.25) is 0 Å². The first-order valence-electron chi connectivity index (χ1n) is 3.11. The van der Waals surface area contributed by atoms with Crippen molar-refractivity contribution >= 4 is 32.4 Å². The van der Waals surface area contributed by atoms with E-state index >= 15 is 0 Å². The van der Waals surface area contributed by atoms with Crippen LogP contribution in [0.25, 0.3) is 0 Å². The summed E-state index contributed by atoms with van der Waals surface area (Å²) in [5.74, 6) is 1.88. The van der Waals surface area contributed by atoms with E-state index < -0.39 is 10.8 Å². The number of rotatable bonds is 6.